The Morgan fingerprint density at radius 3 is 2.62 bits per heavy atom. The van der Waals surface area contributed by atoms with E-state index < -0.39 is 5.54 Å². The van der Waals surface area contributed by atoms with Crippen LogP contribution in [0.5, 0.6) is 0 Å². The Balaban J connectivity index is 2.33. The predicted molar refractivity (Wildman–Crippen MR) is 65.1 cm³/mol. The molecule has 0 spiro atoms. The first-order valence-corrected chi connectivity index (χ1v) is 5.51. The Hall–Kier alpha value is -0.970. The fourth-order valence-corrected chi connectivity index (χ4v) is 1.62. The Kier molecular flexibility index (Phi) is 4.86. The average molecular weight is 223 g/mol. The van der Waals surface area contributed by atoms with Gasteiger partial charge in [0.1, 0.15) is 0 Å². The molecule has 4 nitrogen and oxygen atoms in total. The number of hydrogen-bond donors (Lipinski definition) is 2. The molecule has 1 unspecified atom stereocenters. The number of pyridine rings is 1. The van der Waals surface area contributed by atoms with Gasteiger partial charge in [0.25, 0.3) is 0 Å². The molecule has 90 valence electrons. The number of rotatable bonds is 6. The average Bonchev–Trinajstić information content (AvgIpc) is 2.27. The van der Waals surface area contributed by atoms with Crippen LogP contribution < -0.4 is 5.73 Å². The number of aliphatic hydroxyl groups is 1. The molecule has 4 heteroatoms. The second-order valence-corrected chi connectivity index (χ2v) is 4.66. The molecule has 0 aromatic carbocycles. The summed E-state index contributed by atoms with van der Waals surface area (Å²) in [6, 6.07) is 4.03. The zero-order valence-electron chi connectivity index (χ0n) is 10.1. The quantitative estimate of drug-likeness (QED) is 0.726. The van der Waals surface area contributed by atoms with Gasteiger partial charge in [-0.25, -0.2) is 0 Å². The maximum Gasteiger partial charge on any atom is 0.0621 e. The molecule has 3 N–H and O–H groups in total. The Labute approximate surface area is 97.1 Å². The molecule has 0 aliphatic heterocycles. The van der Waals surface area contributed by atoms with Crippen molar-refractivity contribution in [2.75, 3.05) is 26.7 Å². The van der Waals surface area contributed by atoms with Crippen LogP contribution in [0.2, 0.25) is 0 Å². The highest BCUT2D eigenvalue weighted by Crippen LogP contribution is 2.03. The van der Waals surface area contributed by atoms with Crippen LogP contribution in [0.1, 0.15) is 12.5 Å². The second-order valence-electron chi connectivity index (χ2n) is 4.66. The van der Waals surface area contributed by atoms with E-state index in [4.69, 9.17) is 10.8 Å². The molecule has 0 aliphatic carbocycles. The van der Waals surface area contributed by atoms with Gasteiger partial charge in [0.15, 0.2) is 0 Å². The maximum atomic E-state index is 9.07. The molecular formula is C12H21N3O. The third-order valence-electron chi connectivity index (χ3n) is 2.52. The van der Waals surface area contributed by atoms with Crippen molar-refractivity contribution in [3.05, 3.63) is 30.1 Å². The van der Waals surface area contributed by atoms with E-state index >= 15 is 0 Å². The summed E-state index contributed by atoms with van der Waals surface area (Å²) in [6.07, 6.45) is 4.58. The largest absolute Gasteiger partial charge is 0.394 e. The lowest BCUT2D eigenvalue weighted by atomic mass is 10.1. The molecular weight excluding hydrogens is 202 g/mol. The smallest absolute Gasteiger partial charge is 0.0621 e. The zero-order valence-corrected chi connectivity index (χ0v) is 10.1. The fourth-order valence-electron chi connectivity index (χ4n) is 1.62. The minimum atomic E-state index is -0.521. The van der Waals surface area contributed by atoms with E-state index in [1.54, 1.807) is 12.4 Å². The summed E-state index contributed by atoms with van der Waals surface area (Å²) >= 11 is 0. The van der Waals surface area contributed by atoms with Crippen LogP contribution in [0.3, 0.4) is 0 Å². The van der Waals surface area contributed by atoms with Crippen molar-refractivity contribution in [3.63, 3.8) is 0 Å². The third kappa shape index (κ3) is 4.70. The van der Waals surface area contributed by atoms with Crippen LogP contribution in [0, 0.1) is 0 Å². The molecule has 0 saturated heterocycles. The molecule has 0 bridgehead atoms. The minimum absolute atomic E-state index is 0.00654. The highest BCUT2D eigenvalue weighted by molar-refractivity contribution is 5.09. The van der Waals surface area contributed by atoms with Crippen molar-refractivity contribution in [2.24, 2.45) is 5.73 Å². The van der Waals surface area contributed by atoms with Gasteiger partial charge in [-0.05, 0) is 38.1 Å². The monoisotopic (exact) mass is 223 g/mol. The molecule has 16 heavy (non-hydrogen) atoms. The first-order valence-electron chi connectivity index (χ1n) is 5.51. The van der Waals surface area contributed by atoms with Crippen molar-refractivity contribution in [1.29, 1.82) is 0 Å². The van der Waals surface area contributed by atoms with E-state index in [0.717, 1.165) is 13.0 Å². The molecule has 1 aromatic rings. The Morgan fingerprint density at radius 1 is 1.44 bits per heavy atom. The summed E-state index contributed by atoms with van der Waals surface area (Å²) in [6.45, 7) is 3.48. The molecule has 0 amide bonds. The number of aliphatic hydroxyl groups excluding tert-OH is 1. The Bertz CT molecular complexity index is 300. The molecule has 1 heterocycles. The van der Waals surface area contributed by atoms with Crippen molar-refractivity contribution < 1.29 is 5.11 Å². The van der Waals surface area contributed by atoms with Crippen molar-refractivity contribution in [3.8, 4) is 0 Å². The lowest BCUT2D eigenvalue weighted by Gasteiger charge is -2.28. The SMILES string of the molecule is CN(CCc1ccncc1)CC(C)(N)CO. The standard InChI is InChI=1S/C12H21N3O/c1-12(13,10-16)9-15(2)8-5-11-3-6-14-7-4-11/h3-4,6-7,16H,5,8-10,13H2,1-2H3. The van der Waals surface area contributed by atoms with Gasteiger partial charge in [0, 0.05) is 31.0 Å². The summed E-state index contributed by atoms with van der Waals surface area (Å²) in [5.41, 5.74) is 6.63. The third-order valence-corrected chi connectivity index (χ3v) is 2.52. The van der Waals surface area contributed by atoms with Crippen molar-refractivity contribution in [2.45, 2.75) is 18.9 Å². The zero-order chi connectivity index (χ0) is 12.0. The highest BCUT2D eigenvalue weighted by atomic mass is 16.3. The number of nitrogens with zero attached hydrogens (tertiary/aromatic N) is 2. The minimum Gasteiger partial charge on any atom is -0.394 e. The van der Waals surface area contributed by atoms with Gasteiger partial charge in [-0.2, -0.15) is 0 Å². The molecule has 0 radical (unpaired) electrons. The van der Waals surface area contributed by atoms with E-state index in [-0.39, 0.29) is 6.61 Å². The van der Waals surface area contributed by atoms with Gasteiger partial charge in [-0.15, -0.1) is 0 Å². The maximum absolute atomic E-state index is 9.07. The van der Waals surface area contributed by atoms with E-state index in [2.05, 4.69) is 9.88 Å². The molecule has 1 atom stereocenters. The highest BCUT2D eigenvalue weighted by Gasteiger charge is 2.18. The van der Waals surface area contributed by atoms with Gasteiger partial charge in [-0.1, -0.05) is 0 Å². The molecule has 0 aliphatic rings. The first-order chi connectivity index (χ1) is 7.53. The number of nitrogens with two attached hydrogens (primary N) is 1. The number of aromatic nitrogens is 1. The number of hydrogen-bond acceptors (Lipinski definition) is 4. The van der Waals surface area contributed by atoms with E-state index in [0.29, 0.717) is 6.54 Å². The summed E-state index contributed by atoms with van der Waals surface area (Å²) in [7, 11) is 2.02. The normalized spacial score (nSPS) is 15.1. The van der Waals surface area contributed by atoms with Gasteiger partial charge in [0.2, 0.25) is 0 Å². The summed E-state index contributed by atoms with van der Waals surface area (Å²) in [5, 5.41) is 9.07. The van der Waals surface area contributed by atoms with E-state index in [9.17, 15) is 0 Å². The molecule has 1 aromatic heterocycles. The van der Waals surface area contributed by atoms with Crippen molar-refractivity contribution >= 4 is 0 Å². The van der Waals surface area contributed by atoms with Crippen LogP contribution in [0.15, 0.2) is 24.5 Å². The van der Waals surface area contributed by atoms with Crippen LogP contribution in [-0.4, -0.2) is 47.3 Å². The van der Waals surface area contributed by atoms with E-state index in [1.807, 2.05) is 26.1 Å². The summed E-state index contributed by atoms with van der Waals surface area (Å²) in [4.78, 5) is 6.11. The van der Waals surface area contributed by atoms with Crippen LogP contribution in [0.25, 0.3) is 0 Å². The molecule has 0 saturated carbocycles. The van der Waals surface area contributed by atoms with Crippen LogP contribution in [-0.2, 0) is 6.42 Å². The van der Waals surface area contributed by atoms with Crippen LogP contribution in [0.4, 0.5) is 0 Å². The fraction of sp³-hybridized carbons (Fsp3) is 0.583. The summed E-state index contributed by atoms with van der Waals surface area (Å²) in [5.74, 6) is 0. The van der Waals surface area contributed by atoms with Gasteiger partial charge >= 0.3 is 0 Å². The van der Waals surface area contributed by atoms with Crippen molar-refractivity contribution in [1.82, 2.24) is 9.88 Å². The van der Waals surface area contributed by atoms with Gasteiger partial charge < -0.3 is 15.7 Å². The van der Waals surface area contributed by atoms with E-state index in [1.165, 1.54) is 5.56 Å². The van der Waals surface area contributed by atoms with Gasteiger partial charge in [-0.3, -0.25) is 4.98 Å². The topological polar surface area (TPSA) is 62.4 Å². The van der Waals surface area contributed by atoms with Gasteiger partial charge in [0.05, 0.1) is 6.61 Å². The predicted octanol–water partition coefficient (Wildman–Crippen LogP) is 0.266. The summed E-state index contributed by atoms with van der Waals surface area (Å²) < 4.78 is 0. The molecule has 1 rings (SSSR count). The first kappa shape index (κ1) is 13.1. The van der Waals surface area contributed by atoms with Crippen LogP contribution >= 0.6 is 0 Å². The molecule has 0 fully saturated rings. The lowest BCUT2D eigenvalue weighted by molar-refractivity contribution is 0.163. The number of likely N-dealkylation sites (N-methyl/N-ethyl adjacent to an activating group) is 1. The second kappa shape index (κ2) is 5.94. The Morgan fingerprint density at radius 2 is 2.06 bits per heavy atom. The lowest BCUT2D eigenvalue weighted by Crippen LogP contribution is -2.49.